The fourth-order valence-corrected chi connectivity index (χ4v) is 3.87. The molecule has 0 unspecified atom stereocenters. The van der Waals surface area contributed by atoms with Gasteiger partial charge < -0.3 is 9.64 Å². The summed E-state index contributed by atoms with van der Waals surface area (Å²) in [6.07, 6.45) is 2.93. The monoisotopic (exact) mass is 405 g/mol. The quantitative estimate of drug-likeness (QED) is 0.681. The van der Waals surface area contributed by atoms with Crippen molar-refractivity contribution in [2.24, 2.45) is 5.92 Å². The summed E-state index contributed by atoms with van der Waals surface area (Å²) in [7, 11) is 0. The van der Waals surface area contributed by atoms with Crippen LogP contribution in [0.4, 0.5) is 0 Å². The lowest BCUT2D eigenvalue weighted by Gasteiger charge is -2.32. The molecule has 1 saturated heterocycles. The summed E-state index contributed by atoms with van der Waals surface area (Å²) < 4.78 is 5.13. The third kappa shape index (κ3) is 5.24. The molecule has 0 saturated carbocycles. The summed E-state index contributed by atoms with van der Waals surface area (Å²) in [4.78, 5) is 26.3. The van der Waals surface area contributed by atoms with Crippen molar-refractivity contribution in [1.29, 1.82) is 0 Å². The molecule has 0 aliphatic carbocycles. The fraction of sp³-hybridized carbons (Fsp3) is 0.333. The Balaban J connectivity index is 1.46. The van der Waals surface area contributed by atoms with Crippen LogP contribution in [0.5, 0.6) is 0 Å². The average molecular weight is 406 g/mol. The normalized spacial score (nSPS) is 14.8. The maximum absolute atomic E-state index is 12.4. The molecule has 0 N–H and O–H groups in total. The molecule has 142 valence electrons. The number of halogens is 2. The zero-order valence-corrected chi connectivity index (χ0v) is 16.4. The maximum Gasteiger partial charge on any atom is 0.341 e. The van der Waals surface area contributed by atoms with Crippen molar-refractivity contribution in [2.75, 3.05) is 19.7 Å². The van der Waals surface area contributed by atoms with Gasteiger partial charge in [-0.1, -0.05) is 59.6 Å². The number of esters is 1. The van der Waals surface area contributed by atoms with E-state index in [9.17, 15) is 9.59 Å². The number of carbonyl (C=O) groups is 2. The summed E-state index contributed by atoms with van der Waals surface area (Å²) in [5, 5.41) is 0.420. The number of nitrogens with zero attached hydrogens (tertiary/aromatic N) is 1. The Bertz CT molecular complexity index is 782. The van der Waals surface area contributed by atoms with Crippen molar-refractivity contribution in [3.8, 4) is 0 Å². The second kappa shape index (κ2) is 9.25. The molecule has 0 radical (unpaired) electrons. The molecule has 4 nitrogen and oxygen atoms in total. The van der Waals surface area contributed by atoms with E-state index in [1.807, 2.05) is 18.2 Å². The van der Waals surface area contributed by atoms with Gasteiger partial charge in [0.15, 0.2) is 6.61 Å². The predicted molar refractivity (Wildman–Crippen MR) is 106 cm³/mol. The van der Waals surface area contributed by atoms with Crippen molar-refractivity contribution in [3.05, 3.63) is 69.7 Å². The van der Waals surface area contributed by atoms with Crippen LogP contribution in [0.2, 0.25) is 10.0 Å². The van der Waals surface area contributed by atoms with Crippen LogP contribution < -0.4 is 0 Å². The van der Waals surface area contributed by atoms with E-state index in [-0.39, 0.29) is 28.1 Å². The van der Waals surface area contributed by atoms with E-state index in [0.29, 0.717) is 19.0 Å². The SMILES string of the molecule is O=C(OCC(=O)N1CCC(Cc2ccccc2)CC1)c1c(Cl)cccc1Cl. The average Bonchev–Trinajstić information content (AvgIpc) is 2.67. The van der Waals surface area contributed by atoms with Crippen LogP contribution in [0.3, 0.4) is 0 Å². The van der Waals surface area contributed by atoms with Crippen molar-refractivity contribution >= 4 is 35.1 Å². The minimum atomic E-state index is -0.682. The fourth-order valence-electron chi connectivity index (χ4n) is 3.32. The second-order valence-corrected chi connectivity index (χ2v) is 7.50. The molecule has 1 aliphatic heterocycles. The van der Waals surface area contributed by atoms with Gasteiger partial charge in [-0.2, -0.15) is 0 Å². The molecular weight excluding hydrogens is 385 g/mol. The largest absolute Gasteiger partial charge is 0.452 e. The highest BCUT2D eigenvalue weighted by Crippen LogP contribution is 2.25. The third-order valence-electron chi connectivity index (χ3n) is 4.83. The van der Waals surface area contributed by atoms with Crippen LogP contribution in [0.25, 0.3) is 0 Å². The molecule has 1 fully saturated rings. The van der Waals surface area contributed by atoms with E-state index >= 15 is 0 Å². The number of hydrogen-bond donors (Lipinski definition) is 0. The van der Waals surface area contributed by atoms with Gasteiger partial charge in [-0.15, -0.1) is 0 Å². The molecule has 3 rings (SSSR count). The van der Waals surface area contributed by atoms with Crippen LogP contribution in [0.1, 0.15) is 28.8 Å². The maximum atomic E-state index is 12.4. The molecule has 0 spiro atoms. The molecule has 1 amide bonds. The first-order valence-corrected chi connectivity index (χ1v) is 9.73. The minimum Gasteiger partial charge on any atom is -0.452 e. The van der Waals surface area contributed by atoms with Crippen LogP contribution in [-0.4, -0.2) is 36.5 Å². The molecule has 2 aromatic carbocycles. The first-order valence-electron chi connectivity index (χ1n) is 8.97. The van der Waals surface area contributed by atoms with Crippen LogP contribution in [0.15, 0.2) is 48.5 Å². The summed E-state index contributed by atoms with van der Waals surface area (Å²) in [6, 6.07) is 15.1. The number of amides is 1. The van der Waals surface area contributed by atoms with Gasteiger partial charge >= 0.3 is 5.97 Å². The van der Waals surface area contributed by atoms with Crippen molar-refractivity contribution < 1.29 is 14.3 Å². The van der Waals surface area contributed by atoms with Crippen LogP contribution >= 0.6 is 23.2 Å². The van der Waals surface area contributed by atoms with Gasteiger partial charge in [0.2, 0.25) is 0 Å². The molecular formula is C21H21Cl2NO3. The van der Waals surface area contributed by atoms with Gasteiger partial charge in [0.1, 0.15) is 0 Å². The van der Waals surface area contributed by atoms with Gasteiger partial charge in [0.25, 0.3) is 5.91 Å². The van der Waals surface area contributed by atoms with Gasteiger partial charge in [0.05, 0.1) is 15.6 Å². The number of likely N-dealkylation sites (tertiary alicyclic amines) is 1. The Morgan fingerprint density at radius 3 is 2.22 bits per heavy atom. The zero-order valence-electron chi connectivity index (χ0n) is 14.9. The highest BCUT2D eigenvalue weighted by atomic mass is 35.5. The van der Waals surface area contributed by atoms with Gasteiger partial charge in [-0.3, -0.25) is 4.79 Å². The summed E-state index contributed by atoms with van der Waals surface area (Å²) >= 11 is 12.0. The van der Waals surface area contributed by atoms with Crippen LogP contribution in [-0.2, 0) is 16.0 Å². The van der Waals surface area contributed by atoms with Gasteiger partial charge in [-0.25, -0.2) is 4.79 Å². The predicted octanol–water partition coefficient (Wildman–Crippen LogP) is 4.63. The molecule has 1 aliphatic rings. The Morgan fingerprint density at radius 1 is 0.963 bits per heavy atom. The second-order valence-electron chi connectivity index (χ2n) is 6.69. The number of ether oxygens (including phenoxy) is 1. The number of rotatable bonds is 5. The number of benzene rings is 2. The molecule has 0 atom stereocenters. The molecule has 1 heterocycles. The van der Waals surface area contributed by atoms with Gasteiger partial charge in [0, 0.05) is 13.1 Å². The van der Waals surface area contributed by atoms with E-state index in [1.165, 1.54) is 5.56 Å². The van der Waals surface area contributed by atoms with Crippen LogP contribution in [0, 0.1) is 5.92 Å². The lowest BCUT2D eigenvalue weighted by molar-refractivity contribution is -0.135. The Hall–Kier alpha value is -2.04. The summed E-state index contributed by atoms with van der Waals surface area (Å²) in [6.45, 7) is 1.06. The first kappa shape index (κ1) is 19.7. The molecule has 6 heteroatoms. The minimum absolute atomic E-state index is 0.0928. The lowest BCUT2D eigenvalue weighted by atomic mass is 9.90. The molecule has 0 bridgehead atoms. The van der Waals surface area contributed by atoms with Gasteiger partial charge in [-0.05, 0) is 42.9 Å². The molecule has 0 aromatic heterocycles. The van der Waals surface area contributed by atoms with E-state index in [2.05, 4.69) is 12.1 Å². The van der Waals surface area contributed by atoms with Crippen molar-refractivity contribution in [1.82, 2.24) is 4.90 Å². The summed E-state index contributed by atoms with van der Waals surface area (Å²) in [5.41, 5.74) is 1.42. The Kier molecular flexibility index (Phi) is 6.75. The van der Waals surface area contributed by atoms with E-state index in [4.69, 9.17) is 27.9 Å². The Morgan fingerprint density at radius 2 is 1.59 bits per heavy atom. The topological polar surface area (TPSA) is 46.6 Å². The molecule has 27 heavy (non-hydrogen) atoms. The van der Waals surface area contributed by atoms with E-state index in [1.54, 1.807) is 23.1 Å². The number of piperidine rings is 1. The van der Waals surface area contributed by atoms with E-state index < -0.39 is 5.97 Å². The third-order valence-corrected chi connectivity index (χ3v) is 5.46. The Labute approximate surface area is 169 Å². The van der Waals surface area contributed by atoms with Crippen molar-refractivity contribution in [3.63, 3.8) is 0 Å². The zero-order chi connectivity index (χ0) is 19.2. The smallest absolute Gasteiger partial charge is 0.341 e. The first-order chi connectivity index (χ1) is 13.0. The standard InChI is InChI=1S/C21H21Cl2NO3/c22-17-7-4-8-18(23)20(17)21(26)27-14-19(25)24-11-9-16(10-12-24)13-15-5-2-1-3-6-15/h1-8,16H,9-14H2. The highest BCUT2D eigenvalue weighted by molar-refractivity contribution is 6.39. The number of hydrogen-bond acceptors (Lipinski definition) is 3. The van der Waals surface area contributed by atoms with Crippen molar-refractivity contribution in [2.45, 2.75) is 19.3 Å². The number of carbonyl (C=O) groups excluding carboxylic acids is 2. The summed E-state index contributed by atoms with van der Waals surface area (Å²) in [5.74, 6) is -0.302. The highest BCUT2D eigenvalue weighted by Gasteiger charge is 2.24. The molecule has 2 aromatic rings. The lowest BCUT2D eigenvalue weighted by Crippen LogP contribution is -2.41. The van der Waals surface area contributed by atoms with E-state index in [0.717, 1.165) is 19.3 Å².